The van der Waals surface area contributed by atoms with Crippen LogP contribution in [0.2, 0.25) is 0 Å². The molecule has 3 heterocycles. The van der Waals surface area contributed by atoms with E-state index in [4.69, 9.17) is 9.15 Å². The number of fused-ring (bicyclic) bond motifs is 7. The summed E-state index contributed by atoms with van der Waals surface area (Å²) in [4.78, 5) is 13.1. The summed E-state index contributed by atoms with van der Waals surface area (Å²) in [5, 5.41) is 0.377. The highest BCUT2D eigenvalue weighted by Crippen LogP contribution is 2.65. The molecule has 0 amide bonds. The second-order valence-corrected chi connectivity index (χ2v) is 10.8. The highest BCUT2D eigenvalue weighted by atomic mass is 32.2. The van der Waals surface area contributed by atoms with Gasteiger partial charge in [-0.05, 0) is 49.1 Å². The fraction of sp³-hybridized carbons (Fsp3) is 0.522. The van der Waals surface area contributed by atoms with Crippen LogP contribution < -0.4 is 0 Å². The number of carbonyl (C=O) groups excluding carboxylic acids is 1. The summed E-state index contributed by atoms with van der Waals surface area (Å²) in [6.45, 7) is 6.45. The normalized spacial score (nSPS) is 31.5. The van der Waals surface area contributed by atoms with Crippen molar-refractivity contribution in [3.05, 3.63) is 47.2 Å². The molecule has 2 bridgehead atoms. The molecule has 5 rings (SSSR count). The predicted octanol–water partition coefficient (Wildman–Crippen LogP) is 6.61. The van der Waals surface area contributed by atoms with Crippen molar-refractivity contribution in [1.29, 1.82) is 0 Å². The first-order valence-electron chi connectivity index (χ1n) is 10.2. The van der Waals surface area contributed by atoms with Crippen LogP contribution in [0, 0.1) is 17.3 Å². The van der Waals surface area contributed by atoms with Crippen LogP contribution in [0.25, 0.3) is 0 Å². The van der Waals surface area contributed by atoms with Crippen molar-refractivity contribution < 1.29 is 27.1 Å². The molecular formula is C23H23F3O3S. The fourth-order valence-electron chi connectivity index (χ4n) is 5.76. The van der Waals surface area contributed by atoms with E-state index in [1.807, 2.05) is 30.3 Å². The highest BCUT2D eigenvalue weighted by Gasteiger charge is 2.63. The van der Waals surface area contributed by atoms with E-state index in [0.717, 1.165) is 17.7 Å². The Labute approximate surface area is 177 Å². The van der Waals surface area contributed by atoms with Crippen LogP contribution in [-0.4, -0.2) is 17.6 Å². The Morgan fingerprint density at radius 2 is 1.83 bits per heavy atom. The molecule has 0 unspecified atom stereocenters. The van der Waals surface area contributed by atoms with Gasteiger partial charge in [0.1, 0.15) is 0 Å². The van der Waals surface area contributed by atoms with Gasteiger partial charge in [0.25, 0.3) is 0 Å². The lowest BCUT2D eigenvalue weighted by Crippen LogP contribution is -2.37. The van der Waals surface area contributed by atoms with Gasteiger partial charge in [0, 0.05) is 22.4 Å². The molecule has 1 saturated heterocycles. The molecule has 1 aromatic heterocycles. The van der Waals surface area contributed by atoms with E-state index >= 15 is 0 Å². The number of ether oxygens (including phenoxy) is 1. The van der Waals surface area contributed by atoms with Gasteiger partial charge in [0.05, 0.1) is 11.7 Å². The molecule has 0 radical (unpaired) electrons. The molecule has 0 N–H and O–H groups in total. The standard InChI is InChI=1S/C23H23F3O3S/c1-21(2)9-13-15(11-21)22(3)10-14-16(17(13)29-22)18(19(27)23(24,25)26)28-20(14)30-12-7-5-4-6-8-12/h4-8,13,15,17H,9-11H2,1-3H3/t13-,15+,17-,22-/m1/s1. The van der Waals surface area contributed by atoms with Gasteiger partial charge < -0.3 is 9.15 Å². The second kappa shape index (κ2) is 6.39. The molecular weight excluding hydrogens is 413 g/mol. The minimum absolute atomic E-state index is 0.0956. The van der Waals surface area contributed by atoms with Crippen molar-refractivity contribution in [3.8, 4) is 0 Å². The van der Waals surface area contributed by atoms with Crippen LogP contribution in [-0.2, 0) is 11.2 Å². The van der Waals surface area contributed by atoms with Crippen molar-refractivity contribution in [2.24, 2.45) is 17.3 Å². The zero-order valence-electron chi connectivity index (χ0n) is 17.0. The largest absolute Gasteiger partial charge is 0.458 e. The van der Waals surface area contributed by atoms with Crippen molar-refractivity contribution in [3.63, 3.8) is 0 Å². The summed E-state index contributed by atoms with van der Waals surface area (Å²) in [5.41, 5.74) is 0.695. The zero-order valence-corrected chi connectivity index (χ0v) is 17.8. The van der Waals surface area contributed by atoms with Crippen molar-refractivity contribution >= 4 is 17.5 Å². The van der Waals surface area contributed by atoms with Gasteiger partial charge in [-0.15, -0.1) is 0 Å². The number of rotatable bonds is 3. The minimum Gasteiger partial charge on any atom is -0.445 e. The molecule has 1 saturated carbocycles. The molecule has 160 valence electrons. The maximum absolute atomic E-state index is 13.4. The molecule has 2 fully saturated rings. The maximum Gasteiger partial charge on any atom is 0.458 e. The first-order valence-corrected chi connectivity index (χ1v) is 11.0. The number of halogens is 3. The SMILES string of the molecule is CC1(C)C[C@H]2[C@H]3O[C@](C)(Cc4c(Sc5ccccc5)oc(C(=O)C(F)(F)F)c43)[C@H]2C1. The van der Waals surface area contributed by atoms with Crippen LogP contribution in [0.5, 0.6) is 0 Å². The summed E-state index contributed by atoms with van der Waals surface area (Å²) in [6.07, 6.45) is -3.23. The van der Waals surface area contributed by atoms with E-state index < -0.39 is 29.4 Å². The van der Waals surface area contributed by atoms with E-state index in [2.05, 4.69) is 20.8 Å². The third-order valence-corrected chi connectivity index (χ3v) is 7.91. The third kappa shape index (κ3) is 3.04. The van der Waals surface area contributed by atoms with Crippen molar-refractivity contribution in [1.82, 2.24) is 0 Å². The van der Waals surface area contributed by atoms with Crippen molar-refractivity contribution in [2.45, 2.75) is 67.9 Å². The fourth-order valence-corrected chi connectivity index (χ4v) is 6.70. The lowest BCUT2D eigenvalue weighted by atomic mass is 9.80. The van der Waals surface area contributed by atoms with Gasteiger partial charge >= 0.3 is 12.0 Å². The van der Waals surface area contributed by atoms with Crippen LogP contribution in [0.15, 0.2) is 44.7 Å². The number of carbonyl (C=O) groups is 1. The number of hydrogen-bond donors (Lipinski definition) is 0. The average molecular weight is 436 g/mol. The molecule has 3 aliphatic rings. The first kappa shape index (κ1) is 20.2. The Morgan fingerprint density at radius 3 is 2.50 bits per heavy atom. The average Bonchev–Trinajstić information content (AvgIpc) is 3.24. The smallest absolute Gasteiger partial charge is 0.445 e. The van der Waals surface area contributed by atoms with Gasteiger partial charge in [-0.25, -0.2) is 0 Å². The lowest BCUT2D eigenvalue weighted by molar-refractivity contribution is -0.0910. The predicted molar refractivity (Wildman–Crippen MR) is 106 cm³/mol. The number of hydrogen-bond acceptors (Lipinski definition) is 4. The van der Waals surface area contributed by atoms with Crippen LogP contribution in [0.3, 0.4) is 0 Å². The molecule has 4 atom stereocenters. The number of furan rings is 1. The summed E-state index contributed by atoms with van der Waals surface area (Å²) >= 11 is 1.27. The molecule has 1 aliphatic carbocycles. The molecule has 1 aromatic carbocycles. The quantitative estimate of drug-likeness (QED) is 0.507. The number of alkyl halides is 3. The van der Waals surface area contributed by atoms with Gasteiger partial charge in [-0.1, -0.05) is 43.8 Å². The Balaban J connectivity index is 1.64. The number of Topliss-reactive ketones (excluding diaryl/α,β-unsaturated/α-hetero) is 1. The van der Waals surface area contributed by atoms with Crippen LogP contribution >= 0.6 is 11.8 Å². The first-order chi connectivity index (χ1) is 14.0. The topological polar surface area (TPSA) is 39.4 Å². The lowest BCUT2D eigenvalue weighted by Gasteiger charge is -2.35. The van der Waals surface area contributed by atoms with Gasteiger partial charge in [0.15, 0.2) is 10.9 Å². The molecule has 7 heteroatoms. The third-order valence-electron chi connectivity index (χ3n) is 6.89. The number of benzene rings is 1. The summed E-state index contributed by atoms with van der Waals surface area (Å²) < 4.78 is 52.2. The van der Waals surface area contributed by atoms with Crippen LogP contribution in [0.4, 0.5) is 13.2 Å². The molecule has 3 nitrogen and oxygen atoms in total. The molecule has 0 spiro atoms. The van der Waals surface area contributed by atoms with Gasteiger partial charge in [-0.3, -0.25) is 4.79 Å². The summed E-state index contributed by atoms with van der Waals surface area (Å²) in [7, 11) is 0. The van der Waals surface area contributed by atoms with Crippen molar-refractivity contribution in [2.75, 3.05) is 0 Å². The van der Waals surface area contributed by atoms with E-state index in [9.17, 15) is 18.0 Å². The Bertz CT molecular complexity index is 1010. The Hall–Kier alpha value is -1.73. The molecule has 30 heavy (non-hydrogen) atoms. The maximum atomic E-state index is 13.4. The Kier molecular flexibility index (Phi) is 4.30. The summed E-state index contributed by atoms with van der Waals surface area (Å²) in [5.74, 6) is -2.16. The van der Waals surface area contributed by atoms with Crippen LogP contribution in [0.1, 0.15) is 61.4 Å². The van der Waals surface area contributed by atoms with E-state index in [0.29, 0.717) is 22.6 Å². The Morgan fingerprint density at radius 1 is 1.13 bits per heavy atom. The minimum atomic E-state index is -4.99. The van der Waals surface area contributed by atoms with E-state index in [1.165, 1.54) is 11.8 Å². The van der Waals surface area contributed by atoms with Gasteiger partial charge in [0.2, 0.25) is 0 Å². The highest BCUT2D eigenvalue weighted by molar-refractivity contribution is 7.99. The monoisotopic (exact) mass is 436 g/mol. The molecule has 2 aromatic rings. The van der Waals surface area contributed by atoms with Gasteiger partial charge in [-0.2, -0.15) is 13.2 Å². The summed E-state index contributed by atoms with van der Waals surface area (Å²) in [6, 6.07) is 9.34. The second-order valence-electron chi connectivity index (χ2n) is 9.72. The molecule has 2 aliphatic heterocycles. The number of ketones is 1. The van der Waals surface area contributed by atoms with E-state index in [-0.39, 0.29) is 17.3 Å². The zero-order chi connectivity index (χ0) is 21.5. The van der Waals surface area contributed by atoms with E-state index in [1.54, 1.807) is 0 Å².